The van der Waals surface area contributed by atoms with Crippen molar-refractivity contribution in [2.45, 2.75) is 32.7 Å². The number of ether oxygens (including phenoxy) is 1. The Morgan fingerprint density at radius 1 is 1.42 bits per heavy atom. The van der Waals surface area contributed by atoms with E-state index in [9.17, 15) is 9.90 Å². The number of aromatic hydroxyl groups is 1. The van der Waals surface area contributed by atoms with Gasteiger partial charge in [0.15, 0.2) is 0 Å². The van der Waals surface area contributed by atoms with Gasteiger partial charge in [-0.3, -0.25) is 4.79 Å². The summed E-state index contributed by atoms with van der Waals surface area (Å²) in [6.07, 6.45) is 3.62. The molecule has 24 heavy (non-hydrogen) atoms. The van der Waals surface area contributed by atoms with Crippen LogP contribution in [0.15, 0.2) is 34.9 Å². The van der Waals surface area contributed by atoms with Gasteiger partial charge in [-0.15, -0.1) is 12.4 Å². The number of carbonyl (C=O) groups excluding carboxylic acids is 1. The number of H-pyrrole nitrogens is 1. The lowest BCUT2D eigenvalue weighted by Gasteiger charge is -2.19. The third-order valence-corrected chi connectivity index (χ3v) is 4.11. The highest BCUT2D eigenvalue weighted by atomic mass is 79.9. The van der Waals surface area contributed by atoms with E-state index in [-0.39, 0.29) is 30.1 Å². The van der Waals surface area contributed by atoms with Crippen LogP contribution in [0.1, 0.15) is 48.8 Å². The Morgan fingerprint density at radius 3 is 2.75 bits per heavy atom. The minimum atomic E-state index is -0.234. The largest absolute Gasteiger partial charge is 0.507 e. The van der Waals surface area contributed by atoms with E-state index >= 15 is 0 Å². The monoisotopic (exact) mass is 416 g/mol. The van der Waals surface area contributed by atoms with Gasteiger partial charge in [-0.25, -0.2) is 0 Å². The normalized spacial score (nSPS) is 11.5. The molecule has 7 heteroatoms. The van der Waals surface area contributed by atoms with Crippen LogP contribution in [-0.2, 0) is 0 Å². The minimum absolute atomic E-state index is 0. The maximum absolute atomic E-state index is 12.7. The van der Waals surface area contributed by atoms with E-state index in [2.05, 4.69) is 33.2 Å². The van der Waals surface area contributed by atoms with Crippen molar-refractivity contribution in [2.24, 2.45) is 0 Å². The van der Waals surface area contributed by atoms with E-state index in [4.69, 9.17) is 4.74 Å². The number of hydrogen-bond acceptors (Lipinski definition) is 3. The number of nitrogens with one attached hydrogen (secondary N) is 2. The molecule has 0 fully saturated rings. The molecule has 5 nitrogen and oxygen atoms in total. The SMILES string of the molecule is CCCC(NC(=O)c1cc(Br)c(O)cc1OCC)c1ccc[nH]1.Cl. The molecule has 1 heterocycles. The Kier molecular flexibility index (Phi) is 8.15. The summed E-state index contributed by atoms with van der Waals surface area (Å²) in [6, 6.07) is 6.80. The molecule has 3 N–H and O–H groups in total. The van der Waals surface area contributed by atoms with Crippen LogP contribution in [0.4, 0.5) is 0 Å². The minimum Gasteiger partial charge on any atom is -0.507 e. The zero-order chi connectivity index (χ0) is 16.8. The van der Waals surface area contributed by atoms with Crippen molar-refractivity contribution in [3.8, 4) is 11.5 Å². The Balaban J connectivity index is 0.00000288. The quantitative estimate of drug-likeness (QED) is 0.617. The summed E-state index contributed by atoms with van der Waals surface area (Å²) in [6.45, 7) is 4.32. The van der Waals surface area contributed by atoms with E-state index in [1.54, 1.807) is 6.07 Å². The van der Waals surface area contributed by atoms with Crippen molar-refractivity contribution >= 4 is 34.2 Å². The van der Waals surface area contributed by atoms with Gasteiger partial charge in [-0.1, -0.05) is 13.3 Å². The molecule has 2 rings (SSSR count). The number of aromatic nitrogens is 1. The topological polar surface area (TPSA) is 74.3 Å². The molecular formula is C17H22BrClN2O3. The van der Waals surface area contributed by atoms with Crippen LogP contribution >= 0.6 is 28.3 Å². The number of benzene rings is 1. The first kappa shape index (κ1) is 20.4. The maximum atomic E-state index is 12.7. The lowest BCUT2D eigenvalue weighted by molar-refractivity contribution is 0.0929. The summed E-state index contributed by atoms with van der Waals surface area (Å²) in [5.41, 5.74) is 1.36. The second-order valence-electron chi connectivity index (χ2n) is 5.17. The predicted octanol–water partition coefficient (Wildman–Crippen LogP) is 4.57. The molecule has 0 aliphatic carbocycles. The van der Waals surface area contributed by atoms with Crippen molar-refractivity contribution in [1.29, 1.82) is 0 Å². The zero-order valence-electron chi connectivity index (χ0n) is 13.6. The lowest BCUT2D eigenvalue weighted by Crippen LogP contribution is -2.29. The first-order valence-corrected chi connectivity index (χ1v) is 8.45. The summed E-state index contributed by atoms with van der Waals surface area (Å²) in [4.78, 5) is 15.8. The average molecular weight is 418 g/mol. The predicted molar refractivity (Wildman–Crippen MR) is 100 cm³/mol. The fourth-order valence-corrected chi connectivity index (χ4v) is 2.73. The molecule has 2 aromatic rings. The smallest absolute Gasteiger partial charge is 0.255 e. The molecule has 0 aliphatic rings. The number of amides is 1. The summed E-state index contributed by atoms with van der Waals surface area (Å²) in [7, 11) is 0. The van der Waals surface area contributed by atoms with E-state index in [0.717, 1.165) is 18.5 Å². The van der Waals surface area contributed by atoms with Crippen molar-refractivity contribution in [2.75, 3.05) is 6.61 Å². The molecule has 1 aromatic heterocycles. The Labute approximate surface area is 156 Å². The number of aromatic amines is 1. The Bertz CT molecular complexity index is 662. The van der Waals surface area contributed by atoms with Crippen LogP contribution in [0.5, 0.6) is 11.5 Å². The second-order valence-corrected chi connectivity index (χ2v) is 6.03. The second kappa shape index (κ2) is 9.59. The molecule has 1 atom stereocenters. The van der Waals surface area contributed by atoms with Crippen molar-refractivity contribution < 1.29 is 14.6 Å². The van der Waals surface area contributed by atoms with Crippen LogP contribution in [0.25, 0.3) is 0 Å². The molecule has 0 bridgehead atoms. The fourth-order valence-electron chi connectivity index (χ4n) is 2.39. The lowest BCUT2D eigenvalue weighted by atomic mass is 10.1. The molecule has 1 amide bonds. The van der Waals surface area contributed by atoms with Crippen molar-refractivity contribution in [3.63, 3.8) is 0 Å². The van der Waals surface area contributed by atoms with E-state index in [1.165, 1.54) is 6.07 Å². The number of rotatable bonds is 7. The van der Waals surface area contributed by atoms with Crippen LogP contribution < -0.4 is 10.1 Å². The van der Waals surface area contributed by atoms with Gasteiger partial charge in [0.1, 0.15) is 11.5 Å². The van der Waals surface area contributed by atoms with Gasteiger partial charge in [-0.05, 0) is 47.5 Å². The number of halogens is 2. The van der Waals surface area contributed by atoms with Crippen LogP contribution in [0.3, 0.4) is 0 Å². The van der Waals surface area contributed by atoms with Gasteiger partial charge in [0.05, 0.1) is 22.7 Å². The highest BCUT2D eigenvalue weighted by Gasteiger charge is 2.20. The summed E-state index contributed by atoms with van der Waals surface area (Å²) < 4.78 is 5.93. The van der Waals surface area contributed by atoms with Gasteiger partial charge in [0, 0.05) is 18.0 Å². The highest BCUT2D eigenvalue weighted by molar-refractivity contribution is 9.10. The number of phenolic OH excluding ortho intramolecular Hbond substituents is 1. The van der Waals surface area contributed by atoms with E-state index < -0.39 is 0 Å². The van der Waals surface area contributed by atoms with E-state index in [0.29, 0.717) is 22.4 Å². The van der Waals surface area contributed by atoms with Crippen LogP contribution in [0, 0.1) is 0 Å². The van der Waals surface area contributed by atoms with Gasteiger partial charge in [0.2, 0.25) is 0 Å². The molecule has 0 spiro atoms. The molecular weight excluding hydrogens is 396 g/mol. The number of phenols is 1. The summed E-state index contributed by atoms with van der Waals surface area (Å²) >= 11 is 3.24. The molecule has 1 unspecified atom stereocenters. The van der Waals surface area contributed by atoms with Crippen molar-refractivity contribution in [1.82, 2.24) is 10.3 Å². The molecule has 1 aromatic carbocycles. The maximum Gasteiger partial charge on any atom is 0.255 e. The first-order chi connectivity index (χ1) is 11.1. The van der Waals surface area contributed by atoms with Gasteiger partial charge in [-0.2, -0.15) is 0 Å². The van der Waals surface area contributed by atoms with Gasteiger partial charge >= 0.3 is 0 Å². The van der Waals surface area contributed by atoms with Gasteiger partial charge in [0.25, 0.3) is 5.91 Å². The molecule has 0 saturated carbocycles. The molecule has 132 valence electrons. The summed E-state index contributed by atoms with van der Waals surface area (Å²) in [5, 5.41) is 12.8. The molecule has 0 radical (unpaired) electrons. The van der Waals surface area contributed by atoms with Crippen LogP contribution in [-0.4, -0.2) is 22.6 Å². The van der Waals surface area contributed by atoms with Crippen molar-refractivity contribution in [3.05, 3.63) is 46.2 Å². The highest BCUT2D eigenvalue weighted by Crippen LogP contribution is 2.32. The number of carbonyl (C=O) groups is 1. The standard InChI is InChI=1S/C17H21BrN2O3.ClH/c1-3-6-14(13-7-5-8-19-13)20-17(22)11-9-12(18)15(21)10-16(11)23-4-2;/h5,7-10,14,19,21H,3-4,6H2,1-2H3,(H,20,22);1H. The fraction of sp³-hybridized carbons (Fsp3) is 0.353. The third-order valence-electron chi connectivity index (χ3n) is 3.47. The average Bonchev–Trinajstić information content (AvgIpc) is 3.04. The molecule has 0 aliphatic heterocycles. The van der Waals surface area contributed by atoms with E-state index in [1.807, 2.05) is 25.3 Å². The first-order valence-electron chi connectivity index (χ1n) is 7.66. The zero-order valence-corrected chi connectivity index (χ0v) is 16.0. The Hall–Kier alpha value is -1.66. The third kappa shape index (κ3) is 4.92. The Morgan fingerprint density at radius 2 is 2.17 bits per heavy atom. The van der Waals surface area contributed by atoms with Gasteiger partial charge < -0.3 is 20.1 Å². The molecule has 0 saturated heterocycles. The summed E-state index contributed by atoms with van der Waals surface area (Å²) in [5.74, 6) is 0.175. The van der Waals surface area contributed by atoms with Crippen LogP contribution in [0.2, 0.25) is 0 Å². The number of hydrogen-bond donors (Lipinski definition) is 3.